The van der Waals surface area contributed by atoms with Crippen molar-refractivity contribution in [1.82, 2.24) is 9.91 Å². The monoisotopic (exact) mass is 455 g/mol. The smallest absolute Gasteiger partial charge is 0.257 e. The van der Waals surface area contributed by atoms with E-state index in [1.165, 1.54) is 0 Å². The van der Waals surface area contributed by atoms with E-state index in [0.29, 0.717) is 35.4 Å². The molecule has 170 valence electrons. The molecule has 0 saturated carbocycles. The molecule has 2 aliphatic rings. The first-order valence-electron chi connectivity index (χ1n) is 11.1. The van der Waals surface area contributed by atoms with Gasteiger partial charge in [-0.2, -0.15) is 5.10 Å². The Labute approximate surface area is 194 Å². The molecule has 7 heteroatoms. The van der Waals surface area contributed by atoms with Crippen LogP contribution in [-0.4, -0.2) is 55.4 Å². The lowest BCUT2D eigenvalue weighted by Gasteiger charge is -2.31. The highest BCUT2D eigenvalue weighted by molar-refractivity contribution is 6.34. The summed E-state index contributed by atoms with van der Waals surface area (Å²) < 4.78 is 11.1. The Hall–Kier alpha value is -2.57. The number of hydrogen-bond acceptors (Lipinski definition) is 5. The second-order valence-corrected chi connectivity index (χ2v) is 8.96. The standard InChI is InChI=1S/C25H30ClN3O3/c1-17-10-12-28(13-11-17)16-25(30)29-23(20-14-18(31-2)8-9-24(20)32-3)15-22(27-29)19-6-4-5-7-21(19)26/h4-9,14,17,23H,10-13,15-16H2,1-3H3/t23-/m1/s1. The van der Waals surface area contributed by atoms with Crippen molar-refractivity contribution in [2.45, 2.75) is 32.2 Å². The summed E-state index contributed by atoms with van der Waals surface area (Å²) >= 11 is 6.46. The first-order valence-corrected chi connectivity index (χ1v) is 11.5. The molecule has 1 saturated heterocycles. The molecule has 6 nitrogen and oxygen atoms in total. The molecular formula is C25H30ClN3O3. The molecule has 1 fully saturated rings. The first-order chi connectivity index (χ1) is 15.5. The number of hydrazone groups is 1. The van der Waals surface area contributed by atoms with Gasteiger partial charge in [0.2, 0.25) is 0 Å². The molecule has 2 aliphatic heterocycles. The minimum Gasteiger partial charge on any atom is -0.497 e. The Bertz CT molecular complexity index is 1000. The summed E-state index contributed by atoms with van der Waals surface area (Å²) in [6.45, 7) is 4.50. The number of carbonyl (C=O) groups excluding carboxylic acids is 1. The highest BCUT2D eigenvalue weighted by atomic mass is 35.5. The lowest BCUT2D eigenvalue weighted by atomic mass is 9.97. The molecule has 2 aromatic carbocycles. The highest BCUT2D eigenvalue weighted by Crippen LogP contribution is 2.40. The Morgan fingerprint density at radius 1 is 1.12 bits per heavy atom. The number of likely N-dealkylation sites (tertiary alicyclic amines) is 1. The number of halogens is 1. The van der Waals surface area contributed by atoms with Crippen molar-refractivity contribution in [2.75, 3.05) is 33.9 Å². The van der Waals surface area contributed by atoms with Crippen LogP contribution in [0.5, 0.6) is 11.5 Å². The predicted octanol–water partition coefficient (Wildman–Crippen LogP) is 4.77. The van der Waals surface area contributed by atoms with E-state index in [1.54, 1.807) is 19.2 Å². The molecule has 0 spiro atoms. The SMILES string of the molecule is COc1ccc(OC)c([C@H]2CC(c3ccccc3Cl)=NN2C(=O)CN2CCC(C)CC2)c1. The van der Waals surface area contributed by atoms with Gasteiger partial charge in [-0.05, 0) is 56.1 Å². The molecule has 0 radical (unpaired) electrons. The van der Waals surface area contributed by atoms with Gasteiger partial charge in [-0.3, -0.25) is 9.69 Å². The third-order valence-electron chi connectivity index (χ3n) is 6.38. The number of hydrogen-bond donors (Lipinski definition) is 0. The Balaban J connectivity index is 1.67. The van der Waals surface area contributed by atoms with Crippen molar-refractivity contribution in [3.05, 3.63) is 58.6 Å². The van der Waals surface area contributed by atoms with Crippen molar-refractivity contribution in [3.63, 3.8) is 0 Å². The van der Waals surface area contributed by atoms with Crippen LogP contribution in [-0.2, 0) is 4.79 Å². The number of nitrogens with zero attached hydrogens (tertiary/aromatic N) is 3. The van der Waals surface area contributed by atoms with E-state index in [9.17, 15) is 4.79 Å². The fraction of sp³-hybridized carbons (Fsp3) is 0.440. The van der Waals surface area contributed by atoms with Gasteiger partial charge in [-0.1, -0.05) is 36.7 Å². The van der Waals surface area contributed by atoms with E-state index in [1.807, 2.05) is 42.5 Å². The van der Waals surface area contributed by atoms with Crippen LogP contribution >= 0.6 is 11.6 Å². The summed E-state index contributed by atoms with van der Waals surface area (Å²) in [5, 5.41) is 7.03. The molecule has 0 unspecified atom stereocenters. The minimum absolute atomic E-state index is 0.0171. The summed E-state index contributed by atoms with van der Waals surface area (Å²) in [5.74, 6) is 2.11. The Kier molecular flexibility index (Phi) is 7.01. The van der Waals surface area contributed by atoms with E-state index >= 15 is 0 Å². The van der Waals surface area contributed by atoms with E-state index in [0.717, 1.165) is 42.8 Å². The highest BCUT2D eigenvalue weighted by Gasteiger charge is 2.36. The molecule has 0 aromatic heterocycles. The number of piperidine rings is 1. The maximum atomic E-state index is 13.5. The first kappa shape index (κ1) is 22.6. The van der Waals surface area contributed by atoms with Crippen molar-refractivity contribution in [2.24, 2.45) is 11.0 Å². The van der Waals surface area contributed by atoms with Crippen LogP contribution in [0.1, 0.15) is 43.4 Å². The molecule has 2 aromatic rings. The zero-order valence-corrected chi connectivity index (χ0v) is 19.6. The number of ether oxygens (including phenoxy) is 2. The third-order valence-corrected chi connectivity index (χ3v) is 6.71. The Morgan fingerprint density at radius 2 is 1.88 bits per heavy atom. The maximum absolute atomic E-state index is 13.5. The minimum atomic E-state index is -0.289. The number of rotatable bonds is 6. The van der Waals surface area contributed by atoms with E-state index in [2.05, 4.69) is 11.8 Å². The average molecular weight is 456 g/mol. The van der Waals surface area contributed by atoms with Gasteiger partial charge in [0.1, 0.15) is 11.5 Å². The van der Waals surface area contributed by atoms with Crippen molar-refractivity contribution < 1.29 is 14.3 Å². The average Bonchev–Trinajstić information content (AvgIpc) is 3.25. The predicted molar refractivity (Wildman–Crippen MR) is 127 cm³/mol. The zero-order chi connectivity index (χ0) is 22.7. The molecule has 4 rings (SSSR count). The molecule has 1 atom stereocenters. The van der Waals surface area contributed by atoms with Crippen molar-refractivity contribution in [1.29, 1.82) is 0 Å². The molecule has 2 heterocycles. The van der Waals surface area contributed by atoms with Crippen LogP contribution in [0.2, 0.25) is 5.02 Å². The summed E-state index contributed by atoms with van der Waals surface area (Å²) in [6, 6.07) is 13.0. The van der Waals surface area contributed by atoms with Gasteiger partial charge in [0.05, 0.1) is 32.5 Å². The van der Waals surface area contributed by atoms with Gasteiger partial charge in [0.15, 0.2) is 0 Å². The second-order valence-electron chi connectivity index (χ2n) is 8.55. The normalized spacial score (nSPS) is 19.7. The second kappa shape index (κ2) is 9.92. The Morgan fingerprint density at radius 3 is 2.56 bits per heavy atom. The van der Waals surface area contributed by atoms with E-state index in [-0.39, 0.29) is 11.9 Å². The van der Waals surface area contributed by atoms with Crippen LogP contribution in [0, 0.1) is 5.92 Å². The lowest BCUT2D eigenvalue weighted by Crippen LogP contribution is -2.41. The number of carbonyl (C=O) groups is 1. The van der Waals surface area contributed by atoms with Gasteiger partial charge in [0.25, 0.3) is 5.91 Å². The zero-order valence-electron chi connectivity index (χ0n) is 18.9. The van der Waals surface area contributed by atoms with Crippen molar-refractivity contribution in [3.8, 4) is 11.5 Å². The van der Waals surface area contributed by atoms with Gasteiger partial charge in [-0.25, -0.2) is 5.01 Å². The van der Waals surface area contributed by atoms with Crippen LogP contribution in [0.3, 0.4) is 0 Å². The fourth-order valence-electron chi connectivity index (χ4n) is 4.42. The lowest BCUT2D eigenvalue weighted by molar-refractivity contribution is -0.134. The quantitative estimate of drug-likeness (QED) is 0.629. The van der Waals surface area contributed by atoms with Crippen LogP contribution in [0.25, 0.3) is 0 Å². The molecule has 0 bridgehead atoms. The topological polar surface area (TPSA) is 54.4 Å². The van der Waals surface area contributed by atoms with E-state index < -0.39 is 0 Å². The van der Waals surface area contributed by atoms with Crippen LogP contribution in [0.4, 0.5) is 0 Å². The van der Waals surface area contributed by atoms with Crippen LogP contribution < -0.4 is 9.47 Å². The molecule has 0 N–H and O–H groups in total. The van der Waals surface area contributed by atoms with Crippen molar-refractivity contribution >= 4 is 23.2 Å². The largest absolute Gasteiger partial charge is 0.497 e. The third kappa shape index (κ3) is 4.76. The number of amides is 1. The summed E-state index contributed by atoms with van der Waals surface area (Å²) in [6.07, 6.45) is 2.79. The maximum Gasteiger partial charge on any atom is 0.257 e. The van der Waals surface area contributed by atoms with Gasteiger partial charge >= 0.3 is 0 Å². The van der Waals surface area contributed by atoms with Gasteiger partial charge < -0.3 is 9.47 Å². The summed E-state index contributed by atoms with van der Waals surface area (Å²) in [7, 11) is 3.27. The van der Waals surface area contributed by atoms with Crippen LogP contribution in [0.15, 0.2) is 47.6 Å². The summed E-state index contributed by atoms with van der Waals surface area (Å²) in [5.41, 5.74) is 2.52. The fourth-order valence-corrected chi connectivity index (χ4v) is 4.67. The van der Waals surface area contributed by atoms with E-state index in [4.69, 9.17) is 26.2 Å². The molecule has 32 heavy (non-hydrogen) atoms. The van der Waals surface area contributed by atoms with Gasteiger partial charge in [-0.15, -0.1) is 0 Å². The van der Waals surface area contributed by atoms with Gasteiger partial charge in [0, 0.05) is 22.6 Å². The molecule has 1 amide bonds. The summed E-state index contributed by atoms with van der Waals surface area (Å²) in [4.78, 5) is 15.7. The number of benzene rings is 2. The number of methoxy groups -OCH3 is 2. The molecular weight excluding hydrogens is 426 g/mol. The molecule has 0 aliphatic carbocycles.